The minimum atomic E-state index is -4.81. The van der Waals surface area contributed by atoms with Crippen molar-refractivity contribution in [2.45, 2.75) is 37.4 Å². The van der Waals surface area contributed by atoms with E-state index in [0.717, 1.165) is 28.6 Å². The molecule has 3 aromatic carbocycles. The summed E-state index contributed by atoms with van der Waals surface area (Å²) < 4.78 is 103. The van der Waals surface area contributed by atoms with Gasteiger partial charge >= 0.3 is 12.1 Å². The molecule has 0 fully saturated rings. The highest BCUT2D eigenvalue weighted by atomic mass is 35.5. The summed E-state index contributed by atoms with van der Waals surface area (Å²) in [5.74, 6) is -3.99. The van der Waals surface area contributed by atoms with Gasteiger partial charge in [-0.2, -0.15) is 13.2 Å². The zero-order chi connectivity index (χ0) is 28.9. The van der Waals surface area contributed by atoms with Crippen molar-refractivity contribution in [2.24, 2.45) is 5.92 Å². The van der Waals surface area contributed by atoms with Gasteiger partial charge < -0.3 is 9.84 Å². The second-order valence-electron chi connectivity index (χ2n) is 9.12. The molecule has 1 N–H and O–H groups in total. The van der Waals surface area contributed by atoms with Crippen LogP contribution in [0.3, 0.4) is 0 Å². The first-order valence-electron chi connectivity index (χ1n) is 11.5. The first-order valence-corrected chi connectivity index (χ1v) is 13.3. The number of ether oxygens (including phenoxy) is 1. The van der Waals surface area contributed by atoms with Crippen LogP contribution in [0, 0.1) is 24.5 Å². The summed E-state index contributed by atoms with van der Waals surface area (Å²) in [5.41, 5.74) is -1.59. The van der Waals surface area contributed by atoms with Crippen molar-refractivity contribution in [1.29, 1.82) is 0 Å². The van der Waals surface area contributed by atoms with Gasteiger partial charge in [-0.05, 0) is 55.3 Å². The van der Waals surface area contributed by atoms with Gasteiger partial charge in [0.2, 0.25) is 0 Å². The zero-order valence-corrected chi connectivity index (χ0v) is 22.0. The molecule has 0 aliphatic carbocycles. The molecule has 0 radical (unpaired) electrons. The monoisotopic (exact) mass is 589 g/mol. The summed E-state index contributed by atoms with van der Waals surface area (Å²) in [7, 11) is -4.65. The van der Waals surface area contributed by atoms with E-state index in [1.807, 2.05) is 0 Å². The highest BCUT2D eigenvalue weighted by Gasteiger charge is 2.38. The molecular weight excluding hydrogens is 569 g/mol. The number of hydrogen-bond donors (Lipinski definition) is 1. The Balaban J connectivity index is 1.87. The molecule has 2 unspecified atom stereocenters. The third-order valence-corrected chi connectivity index (χ3v) is 8.52. The Morgan fingerprint density at radius 2 is 1.87 bits per heavy atom. The van der Waals surface area contributed by atoms with Gasteiger partial charge in [-0.25, -0.2) is 17.2 Å². The van der Waals surface area contributed by atoms with Gasteiger partial charge in [0.25, 0.3) is 10.0 Å². The minimum Gasteiger partial charge on any atom is -0.486 e. The van der Waals surface area contributed by atoms with Crippen LogP contribution in [0.2, 0.25) is 5.02 Å². The van der Waals surface area contributed by atoms with Gasteiger partial charge in [-0.1, -0.05) is 30.7 Å². The van der Waals surface area contributed by atoms with E-state index in [4.69, 9.17) is 16.3 Å². The van der Waals surface area contributed by atoms with Gasteiger partial charge in [0, 0.05) is 11.1 Å². The van der Waals surface area contributed by atoms with E-state index in [1.54, 1.807) is 0 Å². The standard InChI is InChI=1S/C26H21ClF5NO5S/c1-13(25(34)35)8-17-12-33(39(36,37)18-5-3-4-16(10-18)26(30,31)32)21-9-15(6-7-22(21)38-17)19-11-20(28)14(2)24(29)23(19)27/h3-7,9-11,13,17H,8,12H2,1-2H3,(H,34,35). The van der Waals surface area contributed by atoms with Gasteiger partial charge in [-0.15, -0.1) is 0 Å². The van der Waals surface area contributed by atoms with Crippen LogP contribution in [0.4, 0.5) is 27.6 Å². The van der Waals surface area contributed by atoms with Crippen molar-refractivity contribution < 1.29 is 45.0 Å². The molecule has 4 rings (SSSR count). The maximum absolute atomic E-state index is 14.5. The summed E-state index contributed by atoms with van der Waals surface area (Å²) in [4.78, 5) is 10.7. The number of benzene rings is 3. The maximum Gasteiger partial charge on any atom is 0.416 e. The summed E-state index contributed by atoms with van der Waals surface area (Å²) in [5, 5.41) is 8.89. The molecule has 0 aromatic heterocycles. The van der Waals surface area contributed by atoms with E-state index in [2.05, 4.69) is 0 Å². The largest absolute Gasteiger partial charge is 0.486 e. The summed E-state index contributed by atoms with van der Waals surface area (Å²) in [6.45, 7) is 2.16. The molecule has 0 spiro atoms. The number of alkyl halides is 3. The van der Waals surface area contributed by atoms with Crippen LogP contribution >= 0.6 is 11.6 Å². The van der Waals surface area contributed by atoms with Crippen LogP contribution in [0.25, 0.3) is 11.1 Å². The van der Waals surface area contributed by atoms with E-state index in [9.17, 15) is 40.3 Å². The van der Waals surface area contributed by atoms with Crippen LogP contribution in [-0.4, -0.2) is 32.1 Å². The quantitative estimate of drug-likeness (QED) is 0.256. The Morgan fingerprint density at radius 1 is 1.18 bits per heavy atom. The molecule has 1 aliphatic heterocycles. The van der Waals surface area contributed by atoms with Crippen LogP contribution in [0.5, 0.6) is 5.75 Å². The van der Waals surface area contributed by atoms with Crippen molar-refractivity contribution in [3.63, 3.8) is 0 Å². The number of halogens is 6. The lowest BCUT2D eigenvalue weighted by molar-refractivity contribution is -0.142. The molecule has 0 saturated carbocycles. The fraction of sp³-hybridized carbons (Fsp3) is 0.269. The molecular formula is C26H21ClF5NO5S. The lowest BCUT2D eigenvalue weighted by atomic mass is 10.00. The van der Waals surface area contributed by atoms with E-state index in [1.165, 1.54) is 32.0 Å². The van der Waals surface area contributed by atoms with E-state index < -0.39 is 67.9 Å². The van der Waals surface area contributed by atoms with Crippen molar-refractivity contribution in [3.8, 4) is 16.9 Å². The fourth-order valence-electron chi connectivity index (χ4n) is 4.18. The second-order valence-corrected chi connectivity index (χ2v) is 11.4. The number of aliphatic carboxylic acids is 1. The summed E-state index contributed by atoms with van der Waals surface area (Å²) >= 11 is 6.11. The van der Waals surface area contributed by atoms with Gasteiger partial charge in [0.1, 0.15) is 23.5 Å². The van der Waals surface area contributed by atoms with Crippen LogP contribution < -0.4 is 9.04 Å². The topological polar surface area (TPSA) is 83.9 Å². The Morgan fingerprint density at radius 3 is 2.51 bits per heavy atom. The fourth-order valence-corrected chi connectivity index (χ4v) is 6.03. The van der Waals surface area contributed by atoms with Gasteiger partial charge in [0.05, 0.1) is 33.6 Å². The Bertz CT molecular complexity index is 1560. The predicted octanol–water partition coefficient (Wildman–Crippen LogP) is 6.68. The van der Waals surface area contributed by atoms with Gasteiger partial charge in [0.15, 0.2) is 0 Å². The number of fused-ring (bicyclic) bond motifs is 1. The number of carboxylic acid groups (broad SMARTS) is 1. The van der Waals surface area contributed by atoms with Crippen molar-refractivity contribution in [3.05, 3.63) is 76.3 Å². The van der Waals surface area contributed by atoms with Crippen LogP contribution in [0.1, 0.15) is 24.5 Å². The summed E-state index contributed by atoms with van der Waals surface area (Å²) in [6, 6.07) is 8.10. The highest BCUT2D eigenvalue weighted by Crippen LogP contribution is 2.43. The van der Waals surface area contributed by atoms with Crippen molar-refractivity contribution in [1.82, 2.24) is 0 Å². The molecule has 39 heavy (non-hydrogen) atoms. The normalized spacial score (nSPS) is 16.4. The first kappa shape index (κ1) is 28.6. The second kappa shape index (κ2) is 10.3. The number of carboxylic acids is 1. The van der Waals surface area contributed by atoms with Crippen LogP contribution in [0.15, 0.2) is 53.4 Å². The molecule has 6 nitrogen and oxygen atoms in total. The summed E-state index contributed by atoms with van der Waals surface area (Å²) in [6.07, 6.45) is -5.88. The molecule has 0 saturated heterocycles. The molecule has 2 atom stereocenters. The number of nitrogens with zero attached hydrogens (tertiary/aromatic N) is 1. The van der Waals surface area contributed by atoms with E-state index in [0.29, 0.717) is 6.07 Å². The number of anilines is 1. The lowest BCUT2D eigenvalue weighted by Crippen LogP contribution is -2.44. The van der Waals surface area contributed by atoms with Crippen LogP contribution in [-0.2, 0) is 21.0 Å². The van der Waals surface area contributed by atoms with Crippen molar-refractivity contribution in [2.75, 3.05) is 10.8 Å². The smallest absolute Gasteiger partial charge is 0.416 e. The molecule has 1 aliphatic rings. The van der Waals surface area contributed by atoms with E-state index >= 15 is 0 Å². The third-order valence-electron chi connectivity index (χ3n) is 6.38. The minimum absolute atomic E-state index is 0.0210. The van der Waals surface area contributed by atoms with Crippen molar-refractivity contribution >= 4 is 33.3 Å². The maximum atomic E-state index is 14.5. The Kier molecular flexibility index (Phi) is 7.56. The zero-order valence-electron chi connectivity index (χ0n) is 20.4. The van der Waals surface area contributed by atoms with E-state index in [-0.39, 0.29) is 34.5 Å². The number of carbonyl (C=O) groups is 1. The number of rotatable bonds is 6. The number of hydrogen-bond acceptors (Lipinski definition) is 4. The number of sulfonamides is 1. The molecule has 3 aromatic rings. The molecule has 1 heterocycles. The SMILES string of the molecule is Cc1c(F)cc(-c2ccc3c(c2)N(S(=O)(=O)c2cccc(C(F)(F)F)c2)CC(CC(C)C(=O)O)O3)c(Cl)c1F. The predicted molar refractivity (Wildman–Crippen MR) is 133 cm³/mol. The third kappa shape index (κ3) is 5.53. The first-order chi connectivity index (χ1) is 18.1. The average Bonchev–Trinajstić information content (AvgIpc) is 2.88. The Labute approximate surface area is 225 Å². The molecule has 208 valence electrons. The molecule has 0 amide bonds. The Hall–Kier alpha value is -3.38. The average molecular weight is 590 g/mol. The molecule has 13 heteroatoms. The highest BCUT2D eigenvalue weighted by molar-refractivity contribution is 7.92. The van der Waals surface area contributed by atoms with Gasteiger partial charge in [-0.3, -0.25) is 9.10 Å². The lowest BCUT2D eigenvalue weighted by Gasteiger charge is -2.36. The molecule has 0 bridgehead atoms.